The molecule has 0 radical (unpaired) electrons. The largest absolute Gasteiger partial charge is 0.369 e. The highest BCUT2D eigenvalue weighted by Gasteiger charge is 2.32. The molecule has 1 aromatic heterocycles. The Hall–Kier alpha value is -1.29. The van der Waals surface area contributed by atoms with Crippen molar-refractivity contribution in [2.45, 2.75) is 45.6 Å². The van der Waals surface area contributed by atoms with E-state index in [-0.39, 0.29) is 5.91 Å². The Kier molecular flexibility index (Phi) is 5.24. The molecule has 1 fully saturated rings. The van der Waals surface area contributed by atoms with E-state index in [0.717, 1.165) is 38.8 Å². The number of carbonyl (C=O) groups excluding carboxylic acids is 1. The first-order valence-corrected chi connectivity index (χ1v) is 7.75. The van der Waals surface area contributed by atoms with Crippen molar-refractivity contribution in [3.63, 3.8) is 0 Å². The molecule has 4 nitrogen and oxygen atoms in total. The summed E-state index contributed by atoms with van der Waals surface area (Å²) in [5.74, 6) is 0.698. The number of hydrogen-bond donors (Lipinski definition) is 1. The van der Waals surface area contributed by atoms with Crippen LogP contribution in [0, 0.1) is 0 Å². The topological polar surface area (TPSA) is 45.2 Å². The minimum Gasteiger partial charge on any atom is -0.369 e. The SMILES string of the molecule is CCCNc1ncc(C(=O)N(CCC)C2CC2)cc1Cl. The van der Waals surface area contributed by atoms with E-state index < -0.39 is 0 Å². The monoisotopic (exact) mass is 295 g/mol. The highest BCUT2D eigenvalue weighted by atomic mass is 35.5. The van der Waals surface area contributed by atoms with Gasteiger partial charge in [0.1, 0.15) is 5.82 Å². The van der Waals surface area contributed by atoms with Crippen LogP contribution in [0.1, 0.15) is 49.9 Å². The molecule has 0 unspecified atom stereocenters. The predicted octanol–water partition coefficient (Wildman–Crippen LogP) is 3.57. The number of aromatic nitrogens is 1. The van der Waals surface area contributed by atoms with Gasteiger partial charge in [0, 0.05) is 25.3 Å². The lowest BCUT2D eigenvalue weighted by atomic mass is 10.2. The molecule has 1 amide bonds. The molecule has 0 spiro atoms. The van der Waals surface area contributed by atoms with E-state index in [2.05, 4.69) is 24.1 Å². The van der Waals surface area contributed by atoms with Crippen LogP contribution >= 0.6 is 11.6 Å². The average molecular weight is 296 g/mol. The number of halogens is 1. The van der Waals surface area contributed by atoms with Crippen molar-refractivity contribution < 1.29 is 4.79 Å². The van der Waals surface area contributed by atoms with E-state index in [1.54, 1.807) is 12.3 Å². The maximum Gasteiger partial charge on any atom is 0.255 e. The smallest absolute Gasteiger partial charge is 0.255 e. The zero-order valence-electron chi connectivity index (χ0n) is 12.2. The third-order valence-electron chi connectivity index (χ3n) is 3.34. The second-order valence-corrected chi connectivity index (χ2v) is 5.62. The summed E-state index contributed by atoms with van der Waals surface area (Å²) in [6.07, 6.45) is 5.83. The minimum atomic E-state index is 0.0470. The Morgan fingerprint density at radius 1 is 1.45 bits per heavy atom. The van der Waals surface area contributed by atoms with E-state index in [1.165, 1.54) is 0 Å². The quantitative estimate of drug-likeness (QED) is 0.836. The number of rotatable bonds is 7. The van der Waals surface area contributed by atoms with Gasteiger partial charge in [-0.2, -0.15) is 0 Å². The van der Waals surface area contributed by atoms with Crippen LogP contribution in [0.5, 0.6) is 0 Å². The molecule has 1 N–H and O–H groups in total. The summed E-state index contributed by atoms with van der Waals surface area (Å²) >= 11 is 6.19. The third-order valence-corrected chi connectivity index (χ3v) is 3.63. The van der Waals surface area contributed by atoms with Crippen molar-refractivity contribution >= 4 is 23.3 Å². The summed E-state index contributed by atoms with van der Waals surface area (Å²) in [4.78, 5) is 18.7. The van der Waals surface area contributed by atoms with Gasteiger partial charge in [0.05, 0.1) is 10.6 Å². The highest BCUT2D eigenvalue weighted by molar-refractivity contribution is 6.33. The summed E-state index contributed by atoms with van der Waals surface area (Å²) in [6, 6.07) is 2.14. The van der Waals surface area contributed by atoms with Crippen LogP contribution < -0.4 is 5.32 Å². The molecular weight excluding hydrogens is 274 g/mol. The number of nitrogens with zero attached hydrogens (tertiary/aromatic N) is 2. The number of hydrogen-bond acceptors (Lipinski definition) is 3. The van der Waals surface area contributed by atoms with Crippen molar-refractivity contribution in [1.29, 1.82) is 0 Å². The normalized spacial score (nSPS) is 14.2. The van der Waals surface area contributed by atoms with E-state index >= 15 is 0 Å². The lowest BCUT2D eigenvalue weighted by Gasteiger charge is -2.22. The number of anilines is 1. The predicted molar refractivity (Wildman–Crippen MR) is 82.4 cm³/mol. The number of amides is 1. The number of carbonyl (C=O) groups is 1. The molecule has 1 aromatic rings. The molecule has 20 heavy (non-hydrogen) atoms. The molecule has 0 aromatic carbocycles. The van der Waals surface area contributed by atoms with Gasteiger partial charge in [0.15, 0.2) is 0 Å². The van der Waals surface area contributed by atoms with Crippen LogP contribution in [0.25, 0.3) is 0 Å². The van der Waals surface area contributed by atoms with Crippen LogP contribution in [-0.4, -0.2) is 34.9 Å². The van der Waals surface area contributed by atoms with Gasteiger partial charge in [-0.3, -0.25) is 4.79 Å². The van der Waals surface area contributed by atoms with Gasteiger partial charge in [-0.15, -0.1) is 0 Å². The molecule has 5 heteroatoms. The molecule has 110 valence electrons. The van der Waals surface area contributed by atoms with Crippen LogP contribution in [-0.2, 0) is 0 Å². The highest BCUT2D eigenvalue weighted by Crippen LogP contribution is 2.29. The van der Waals surface area contributed by atoms with Crippen molar-refractivity contribution in [1.82, 2.24) is 9.88 Å². The second kappa shape index (κ2) is 6.93. The average Bonchev–Trinajstić information content (AvgIpc) is 3.27. The molecule has 0 bridgehead atoms. The first-order chi connectivity index (χ1) is 9.67. The van der Waals surface area contributed by atoms with Gasteiger partial charge in [-0.05, 0) is 31.7 Å². The third kappa shape index (κ3) is 3.63. The maximum atomic E-state index is 12.5. The summed E-state index contributed by atoms with van der Waals surface area (Å²) in [7, 11) is 0. The maximum absolute atomic E-state index is 12.5. The zero-order valence-corrected chi connectivity index (χ0v) is 12.9. The zero-order chi connectivity index (χ0) is 14.5. The first-order valence-electron chi connectivity index (χ1n) is 7.37. The Morgan fingerprint density at radius 3 is 2.75 bits per heavy atom. The van der Waals surface area contributed by atoms with Crippen molar-refractivity contribution in [3.8, 4) is 0 Å². The molecular formula is C15H22ClN3O. The minimum absolute atomic E-state index is 0.0470. The summed E-state index contributed by atoms with van der Waals surface area (Å²) in [5.41, 5.74) is 0.581. The fourth-order valence-corrected chi connectivity index (χ4v) is 2.40. The summed E-state index contributed by atoms with van der Waals surface area (Å²) < 4.78 is 0. The Labute approximate surface area is 125 Å². The molecule has 1 aliphatic carbocycles. The molecule has 1 aliphatic rings. The van der Waals surface area contributed by atoms with E-state index in [4.69, 9.17) is 11.6 Å². The lowest BCUT2D eigenvalue weighted by molar-refractivity contribution is 0.0743. The van der Waals surface area contributed by atoms with Crippen molar-refractivity contribution in [2.75, 3.05) is 18.4 Å². The standard InChI is InChI=1S/C15H22ClN3O/c1-3-7-17-14-13(16)9-11(10-18-14)15(20)19(8-4-2)12-5-6-12/h9-10,12H,3-8H2,1-2H3,(H,17,18). The van der Waals surface area contributed by atoms with Gasteiger partial charge in [-0.25, -0.2) is 4.98 Å². The fraction of sp³-hybridized carbons (Fsp3) is 0.600. The van der Waals surface area contributed by atoms with E-state index in [1.807, 2.05) is 4.90 Å². The number of pyridine rings is 1. The van der Waals surface area contributed by atoms with Gasteiger partial charge in [-0.1, -0.05) is 25.4 Å². The van der Waals surface area contributed by atoms with Crippen LogP contribution in [0.3, 0.4) is 0 Å². The van der Waals surface area contributed by atoms with Crippen LogP contribution in [0.2, 0.25) is 5.02 Å². The Balaban J connectivity index is 2.11. The fourth-order valence-electron chi connectivity index (χ4n) is 2.17. The lowest BCUT2D eigenvalue weighted by Crippen LogP contribution is -2.33. The van der Waals surface area contributed by atoms with Gasteiger partial charge in [0.25, 0.3) is 5.91 Å². The number of nitrogens with one attached hydrogen (secondary N) is 1. The van der Waals surface area contributed by atoms with Gasteiger partial charge >= 0.3 is 0 Å². The van der Waals surface area contributed by atoms with E-state index in [9.17, 15) is 4.79 Å². The first kappa shape index (κ1) is 15.1. The Bertz CT molecular complexity index is 474. The van der Waals surface area contributed by atoms with Gasteiger partial charge in [0.2, 0.25) is 0 Å². The molecule has 1 heterocycles. The molecule has 2 rings (SSSR count). The second-order valence-electron chi connectivity index (χ2n) is 5.21. The van der Waals surface area contributed by atoms with Crippen molar-refractivity contribution in [2.24, 2.45) is 0 Å². The van der Waals surface area contributed by atoms with Crippen LogP contribution in [0.4, 0.5) is 5.82 Å². The Morgan fingerprint density at radius 2 is 2.20 bits per heavy atom. The summed E-state index contributed by atoms with van der Waals surface area (Å²) in [5, 5.41) is 3.66. The van der Waals surface area contributed by atoms with Gasteiger partial charge < -0.3 is 10.2 Å². The molecule has 0 atom stereocenters. The molecule has 1 saturated carbocycles. The van der Waals surface area contributed by atoms with Crippen molar-refractivity contribution in [3.05, 3.63) is 22.8 Å². The molecule has 0 saturated heterocycles. The molecule has 0 aliphatic heterocycles. The summed E-state index contributed by atoms with van der Waals surface area (Å²) in [6.45, 7) is 5.80. The van der Waals surface area contributed by atoms with E-state index in [0.29, 0.717) is 22.4 Å². The van der Waals surface area contributed by atoms with Crippen LogP contribution in [0.15, 0.2) is 12.3 Å².